The van der Waals surface area contributed by atoms with Crippen LogP contribution < -0.4 is 5.32 Å². The molecule has 1 saturated heterocycles. The maximum Gasteiger partial charge on any atom is 0.261 e. The number of fused-ring (bicyclic) bond motifs is 1. The lowest BCUT2D eigenvalue weighted by Gasteiger charge is -2.50. The number of nitrogens with one attached hydrogen (secondary N) is 1. The lowest BCUT2D eigenvalue weighted by Crippen LogP contribution is -2.62. The SMILES string of the molecule is O=C1Cc2ccccc2C(=O)N1C1CCNC2(CCC2)C1. The number of hydrogen-bond donors (Lipinski definition) is 1. The molecule has 0 bridgehead atoms. The summed E-state index contributed by atoms with van der Waals surface area (Å²) in [5.74, 6) is -0.122. The molecule has 4 nitrogen and oxygen atoms in total. The average molecular weight is 284 g/mol. The average Bonchev–Trinajstić information content (AvgIpc) is 2.46. The van der Waals surface area contributed by atoms with Gasteiger partial charge in [0.05, 0.1) is 6.42 Å². The van der Waals surface area contributed by atoms with Gasteiger partial charge in [0.2, 0.25) is 5.91 Å². The minimum Gasteiger partial charge on any atom is -0.311 e. The molecule has 2 aliphatic heterocycles. The van der Waals surface area contributed by atoms with Gasteiger partial charge < -0.3 is 5.32 Å². The molecule has 2 amide bonds. The maximum absolute atomic E-state index is 12.7. The van der Waals surface area contributed by atoms with Gasteiger partial charge in [-0.3, -0.25) is 14.5 Å². The molecule has 1 atom stereocenters. The van der Waals surface area contributed by atoms with Gasteiger partial charge in [0.1, 0.15) is 0 Å². The summed E-state index contributed by atoms with van der Waals surface area (Å²) in [4.78, 5) is 26.8. The van der Waals surface area contributed by atoms with Crippen molar-refractivity contribution in [2.24, 2.45) is 0 Å². The number of piperidine rings is 1. The number of nitrogens with zero attached hydrogens (tertiary/aromatic N) is 1. The van der Waals surface area contributed by atoms with Crippen LogP contribution in [0.1, 0.15) is 48.0 Å². The second-order valence-corrected chi connectivity index (χ2v) is 6.61. The smallest absolute Gasteiger partial charge is 0.261 e. The van der Waals surface area contributed by atoms with Crippen LogP contribution in [0, 0.1) is 0 Å². The summed E-state index contributed by atoms with van der Waals surface area (Å²) in [6, 6.07) is 7.57. The third-order valence-electron chi connectivity index (χ3n) is 5.36. The minimum atomic E-state index is -0.0942. The van der Waals surface area contributed by atoms with Gasteiger partial charge in [0.25, 0.3) is 5.91 Å². The van der Waals surface area contributed by atoms with E-state index in [2.05, 4.69) is 5.32 Å². The quantitative estimate of drug-likeness (QED) is 0.801. The first kappa shape index (κ1) is 13.0. The van der Waals surface area contributed by atoms with Crippen molar-refractivity contribution in [1.82, 2.24) is 10.2 Å². The molecule has 1 unspecified atom stereocenters. The predicted molar refractivity (Wildman–Crippen MR) is 78.9 cm³/mol. The molecule has 1 saturated carbocycles. The standard InChI is InChI=1S/C17H20N2O2/c20-15-10-12-4-1-2-5-14(12)16(21)19(15)13-6-9-18-17(11-13)7-3-8-17/h1-2,4-5,13,18H,3,6-11H2. The minimum absolute atomic E-state index is 0.0277. The van der Waals surface area contributed by atoms with Crippen molar-refractivity contribution in [1.29, 1.82) is 0 Å². The van der Waals surface area contributed by atoms with E-state index in [-0.39, 0.29) is 23.4 Å². The zero-order valence-electron chi connectivity index (χ0n) is 12.1. The van der Waals surface area contributed by atoms with Crippen LogP contribution >= 0.6 is 0 Å². The number of rotatable bonds is 1. The van der Waals surface area contributed by atoms with Crippen LogP contribution in [0.5, 0.6) is 0 Å². The van der Waals surface area contributed by atoms with Gasteiger partial charge in [-0.1, -0.05) is 18.2 Å². The van der Waals surface area contributed by atoms with E-state index in [1.54, 1.807) is 4.90 Å². The molecule has 3 aliphatic rings. The second kappa shape index (κ2) is 4.67. The lowest BCUT2D eigenvalue weighted by atomic mass is 9.70. The highest BCUT2D eigenvalue weighted by molar-refractivity contribution is 6.10. The summed E-state index contributed by atoms with van der Waals surface area (Å²) in [5, 5.41) is 3.60. The zero-order chi connectivity index (χ0) is 14.4. The van der Waals surface area contributed by atoms with Crippen LogP contribution in [0.4, 0.5) is 0 Å². The fourth-order valence-corrected chi connectivity index (χ4v) is 4.08. The zero-order valence-corrected chi connectivity index (χ0v) is 12.1. The van der Waals surface area contributed by atoms with E-state index in [0.29, 0.717) is 12.0 Å². The third kappa shape index (κ3) is 2.01. The summed E-state index contributed by atoms with van der Waals surface area (Å²) >= 11 is 0. The van der Waals surface area contributed by atoms with Gasteiger partial charge in [0, 0.05) is 17.1 Å². The van der Waals surface area contributed by atoms with Gasteiger partial charge in [-0.2, -0.15) is 0 Å². The normalized spacial score (nSPS) is 27.4. The Morgan fingerprint density at radius 3 is 2.76 bits per heavy atom. The first-order valence-corrected chi connectivity index (χ1v) is 7.88. The predicted octanol–water partition coefficient (Wildman–Crippen LogP) is 1.89. The Labute approximate surface area is 124 Å². The van der Waals surface area contributed by atoms with E-state index in [0.717, 1.165) is 24.9 Å². The Morgan fingerprint density at radius 2 is 2.00 bits per heavy atom. The van der Waals surface area contributed by atoms with Gasteiger partial charge in [-0.25, -0.2) is 0 Å². The van der Waals surface area contributed by atoms with Crippen LogP contribution in [-0.4, -0.2) is 34.8 Å². The van der Waals surface area contributed by atoms with Gasteiger partial charge >= 0.3 is 0 Å². The highest BCUT2D eigenvalue weighted by atomic mass is 16.2. The summed E-state index contributed by atoms with van der Waals surface area (Å²) in [6.45, 7) is 0.906. The lowest BCUT2D eigenvalue weighted by molar-refractivity contribution is -0.131. The Hall–Kier alpha value is -1.68. The third-order valence-corrected chi connectivity index (χ3v) is 5.36. The fraction of sp³-hybridized carbons (Fsp3) is 0.529. The van der Waals surface area contributed by atoms with E-state index in [1.807, 2.05) is 24.3 Å². The highest BCUT2D eigenvalue weighted by Gasteiger charge is 2.45. The van der Waals surface area contributed by atoms with Crippen molar-refractivity contribution in [3.05, 3.63) is 35.4 Å². The van der Waals surface area contributed by atoms with Crippen molar-refractivity contribution < 1.29 is 9.59 Å². The van der Waals surface area contributed by atoms with Crippen molar-refractivity contribution in [2.75, 3.05) is 6.54 Å². The molecule has 110 valence electrons. The molecule has 1 N–H and O–H groups in total. The summed E-state index contributed by atoms with van der Waals surface area (Å²) in [5.41, 5.74) is 1.77. The number of carbonyl (C=O) groups is 2. The summed E-state index contributed by atoms with van der Waals surface area (Å²) in [6.07, 6.45) is 5.77. The van der Waals surface area contributed by atoms with Gasteiger partial charge in [-0.15, -0.1) is 0 Å². The molecule has 1 aliphatic carbocycles. The maximum atomic E-state index is 12.7. The Balaban J connectivity index is 1.63. The number of hydrogen-bond acceptors (Lipinski definition) is 3. The van der Waals surface area contributed by atoms with Crippen LogP contribution in [0.2, 0.25) is 0 Å². The first-order chi connectivity index (χ1) is 10.2. The molecular weight excluding hydrogens is 264 g/mol. The van der Waals surface area contributed by atoms with Gasteiger partial charge in [0.15, 0.2) is 0 Å². The van der Waals surface area contributed by atoms with E-state index in [4.69, 9.17) is 0 Å². The molecule has 4 heteroatoms. The number of imide groups is 1. The van der Waals surface area contributed by atoms with Crippen LogP contribution in [0.25, 0.3) is 0 Å². The number of carbonyl (C=O) groups excluding carboxylic acids is 2. The molecule has 4 rings (SSSR count). The van der Waals surface area contributed by atoms with E-state index in [1.165, 1.54) is 19.3 Å². The summed E-state index contributed by atoms with van der Waals surface area (Å²) in [7, 11) is 0. The molecule has 0 aromatic heterocycles. The van der Waals surface area contributed by atoms with Crippen molar-refractivity contribution in [3.8, 4) is 0 Å². The molecule has 0 radical (unpaired) electrons. The molecule has 1 aromatic rings. The Morgan fingerprint density at radius 1 is 1.19 bits per heavy atom. The van der Waals surface area contributed by atoms with E-state index in [9.17, 15) is 9.59 Å². The van der Waals surface area contributed by atoms with Crippen molar-refractivity contribution in [3.63, 3.8) is 0 Å². The van der Waals surface area contributed by atoms with Gasteiger partial charge in [-0.05, 0) is 50.3 Å². The Bertz CT molecular complexity index is 607. The monoisotopic (exact) mass is 284 g/mol. The molecule has 2 heterocycles. The number of amides is 2. The molecule has 21 heavy (non-hydrogen) atoms. The second-order valence-electron chi connectivity index (χ2n) is 6.61. The van der Waals surface area contributed by atoms with Crippen molar-refractivity contribution >= 4 is 11.8 Å². The van der Waals surface area contributed by atoms with E-state index < -0.39 is 0 Å². The van der Waals surface area contributed by atoms with Crippen LogP contribution in [-0.2, 0) is 11.2 Å². The molecule has 1 spiro atoms. The van der Waals surface area contributed by atoms with Crippen LogP contribution in [0.15, 0.2) is 24.3 Å². The molecule has 1 aromatic carbocycles. The largest absolute Gasteiger partial charge is 0.311 e. The topological polar surface area (TPSA) is 49.4 Å². The summed E-state index contributed by atoms with van der Waals surface area (Å²) < 4.78 is 0. The highest BCUT2D eigenvalue weighted by Crippen LogP contribution is 2.40. The number of benzene rings is 1. The van der Waals surface area contributed by atoms with Crippen molar-refractivity contribution in [2.45, 2.75) is 50.1 Å². The van der Waals surface area contributed by atoms with Crippen LogP contribution in [0.3, 0.4) is 0 Å². The van der Waals surface area contributed by atoms with E-state index >= 15 is 0 Å². The Kier molecular flexibility index (Phi) is 2.89. The fourth-order valence-electron chi connectivity index (χ4n) is 4.08. The first-order valence-electron chi connectivity index (χ1n) is 7.88. The molecular formula is C17H20N2O2. The molecule has 2 fully saturated rings.